The Labute approximate surface area is 46.3 Å². The van der Waals surface area contributed by atoms with Gasteiger partial charge in [-0.05, 0) is 20.5 Å². The molecule has 0 fully saturated rings. The van der Waals surface area contributed by atoms with Crippen LogP contribution in [0.5, 0.6) is 0 Å². The molecule has 0 unspecified atom stereocenters. The fourth-order valence-electron chi connectivity index (χ4n) is 0.387. The van der Waals surface area contributed by atoms with Crippen LogP contribution in [-0.2, 0) is 0 Å². The summed E-state index contributed by atoms with van der Waals surface area (Å²) in [7, 11) is 4.10. The van der Waals surface area contributed by atoms with Crippen LogP contribution in [0.25, 0.3) is 0 Å². The van der Waals surface area contributed by atoms with Crippen LogP contribution in [-0.4, -0.2) is 19.0 Å². The molecule has 7 heavy (non-hydrogen) atoms. The molecule has 0 saturated heterocycles. The molecule has 0 aliphatic carbocycles. The Balaban J connectivity index is 2.68. The molecule has 0 aromatic heterocycles. The molecule has 1 nitrogen and oxygen atoms in total. The molecule has 0 N–H and O–H groups in total. The van der Waals surface area contributed by atoms with Gasteiger partial charge in [0, 0.05) is 6.54 Å². The van der Waals surface area contributed by atoms with Crippen LogP contribution < -0.4 is 0 Å². The summed E-state index contributed by atoms with van der Waals surface area (Å²) in [6.07, 6.45) is 2.45. The summed E-state index contributed by atoms with van der Waals surface area (Å²) >= 11 is 0. The Morgan fingerprint density at radius 3 is 2.14 bits per heavy atom. The molecule has 0 saturated carbocycles. The molecular formula is C6H14N. The summed E-state index contributed by atoms with van der Waals surface area (Å²) in [5.74, 6) is 0. The van der Waals surface area contributed by atoms with Crippen LogP contribution >= 0.6 is 0 Å². The van der Waals surface area contributed by atoms with Gasteiger partial charge in [0.05, 0.1) is 0 Å². The highest BCUT2D eigenvalue weighted by atomic mass is 15.0. The second kappa shape index (κ2) is 4.13. The fraction of sp³-hybridized carbons (Fsp3) is 0.833. The van der Waals surface area contributed by atoms with Crippen molar-refractivity contribution in [2.45, 2.75) is 19.8 Å². The third kappa shape index (κ3) is 5.96. The topological polar surface area (TPSA) is 3.24 Å². The number of unbranched alkanes of at least 4 members (excludes halogenated alkanes) is 1. The smallest absolute Gasteiger partial charge is 0.0245 e. The van der Waals surface area contributed by atoms with Gasteiger partial charge in [-0.25, -0.2) is 0 Å². The summed E-state index contributed by atoms with van der Waals surface area (Å²) in [5, 5.41) is 0. The van der Waals surface area contributed by atoms with E-state index < -0.39 is 0 Å². The molecule has 1 radical (unpaired) electrons. The maximum atomic E-state index is 2.18. The minimum absolute atomic E-state index is 1.20. The Kier molecular flexibility index (Phi) is 4.10. The lowest BCUT2D eigenvalue weighted by Crippen LogP contribution is -2.05. The number of hydrogen-bond acceptors (Lipinski definition) is 1. The normalized spacial score (nSPS) is 10.3. The monoisotopic (exact) mass is 100 g/mol. The summed E-state index contributed by atoms with van der Waals surface area (Å²) in [4.78, 5) is 2.09. The second-order valence-corrected chi connectivity index (χ2v) is 1.93. The van der Waals surface area contributed by atoms with E-state index in [0.717, 1.165) is 0 Å². The minimum Gasteiger partial charge on any atom is -0.305 e. The van der Waals surface area contributed by atoms with E-state index in [1.165, 1.54) is 12.8 Å². The van der Waals surface area contributed by atoms with Crippen LogP contribution in [0.3, 0.4) is 0 Å². The highest BCUT2D eigenvalue weighted by Crippen LogP contribution is 1.92. The van der Waals surface area contributed by atoms with Gasteiger partial charge in [0.25, 0.3) is 0 Å². The summed E-state index contributed by atoms with van der Waals surface area (Å²) in [6.45, 7) is 4.36. The zero-order chi connectivity index (χ0) is 5.70. The summed E-state index contributed by atoms with van der Waals surface area (Å²) in [5.41, 5.74) is 0. The Hall–Kier alpha value is -0.0400. The van der Waals surface area contributed by atoms with E-state index in [2.05, 4.69) is 32.5 Å². The van der Waals surface area contributed by atoms with Gasteiger partial charge < -0.3 is 4.90 Å². The summed E-state index contributed by atoms with van der Waals surface area (Å²) in [6, 6.07) is 0. The summed E-state index contributed by atoms with van der Waals surface area (Å²) < 4.78 is 0. The predicted molar refractivity (Wildman–Crippen MR) is 32.9 cm³/mol. The first-order valence-corrected chi connectivity index (χ1v) is 2.77. The van der Waals surface area contributed by atoms with Crippen LogP contribution in [0, 0.1) is 6.54 Å². The van der Waals surface area contributed by atoms with Crippen molar-refractivity contribution >= 4 is 0 Å². The van der Waals surface area contributed by atoms with E-state index in [1.54, 1.807) is 0 Å². The minimum atomic E-state index is 1.20. The Morgan fingerprint density at radius 1 is 1.43 bits per heavy atom. The van der Waals surface area contributed by atoms with Crippen LogP contribution in [0.4, 0.5) is 0 Å². The third-order valence-corrected chi connectivity index (χ3v) is 0.783. The Bertz CT molecular complexity index is 33.2. The molecule has 0 bridgehead atoms. The zero-order valence-corrected chi connectivity index (χ0v) is 5.44. The number of hydrogen-bond donors (Lipinski definition) is 0. The molecule has 0 spiro atoms. The van der Waals surface area contributed by atoms with Gasteiger partial charge in [-0.1, -0.05) is 13.3 Å². The van der Waals surface area contributed by atoms with Gasteiger partial charge in [-0.2, -0.15) is 0 Å². The molecule has 0 atom stereocenters. The van der Waals surface area contributed by atoms with Crippen molar-refractivity contribution in [3.63, 3.8) is 0 Å². The van der Waals surface area contributed by atoms with E-state index in [9.17, 15) is 0 Å². The number of nitrogens with zero attached hydrogens (tertiary/aromatic N) is 1. The van der Waals surface area contributed by atoms with Gasteiger partial charge in [0.1, 0.15) is 0 Å². The lowest BCUT2D eigenvalue weighted by atomic mass is 10.3. The van der Waals surface area contributed by atoms with Crippen LogP contribution in [0.2, 0.25) is 0 Å². The standard InChI is InChI=1S/C6H14N/c1-4-5-6-7(2)3/h6H,4-5H2,1-3H3. The zero-order valence-electron chi connectivity index (χ0n) is 5.44. The molecule has 0 aliphatic heterocycles. The molecule has 0 aliphatic rings. The van der Waals surface area contributed by atoms with Crippen molar-refractivity contribution in [3.05, 3.63) is 6.54 Å². The molecule has 0 amide bonds. The highest BCUT2D eigenvalue weighted by molar-refractivity contribution is 4.57. The first-order chi connectivity index (χ1) is 3.27. The molecule has 0 heterocycles. The maximum absolute atomic E-state index is 2.18. The lowest BCUT2D eigenvalue weighted by Gasteiger charge is -2.04. The molecule has 0 rings (SSSR count). The quantitative estimate of drug-likeness (QED) is 0.519. The lowest BCUT2D eigenvalue weighted by molar-refractivity contribution is 0.474. The van der Waals surface area contributed by atoms with E-state index in [-0.39, 0.29) is 0 Å². The van der Waals surface area contributed by atoms with E-state index in [1.807, 2.05) is 0 Å². The van der Waals surface area contributed by atoms with E-state index in [0.29, 0.717) is 0 Å². The van der Waals surface area contributed by atoms with Crippen molar-refractivity contribution in [3.8, 4) is 0 Å². The van der Waals surface area contributed by atoms with Gasteiger partial charge in [0.15, 0.2) is 0 Å². The predicted octanol–water partition coefficient (Wildman–Crippen LogP) is 1.51. The maximum Gasteiger partial charge on any atom is 0.0245 e. The fourth-order valence-corrected chi connectivity index (χ4v) is 0.387. The van der Waals surface area contributed by atoms with E-state index in [4.69, 9.17) is 0 Å². The molecular weight excluding hydrogens is 86.1 g/mol. The van der Waals surface area contributed by atoms with Gasteiger partial charge in [-0.15, -0.1) is 0 Å². The average molecular weight is 100 g/mol. The molecule has 1 heteroatoms. The second-order valence-electron chi connectivity index (χ2n) is 1.93. The van der Waals surface area contributed by atoms with Crippen molar-refractivity contribution in [2.24, 2.45) is 0 Å². The SMILES string of the molecule is CCC[CH]N(C)C. The third-order valence-electron chi connectivity index (χ3n) is 0.783. The van der Waals surface area contributed by atoms with Gasteiger partial charge in [-0.3, -0.25) is 0 Å². The van der Waals surface area contributed by atoms with Crippen LogP contribution in [0.1, 0.15) is 19.8 Å². The molecule has 43 valence electrons. The first-order valence-electron chi connectivity index (χ1n) is 2.77. The highest BCUT2D eigenvalue weighted by Gasteiger charge is 1.84. The largest absolute Gasteiger partial charge is 0.305 e. The first kappa shape index (κ1) is 6.96. The van der Waals surface area contributed by atoms with Gasteiger partial charge >= 0.3 is 0 Å². The van der Waals surface area contributed by atoms with E-state index >= 15 is 0 Å². The van der Waals surface area contributed by atoms with Crippen molar-refractivity contribution in [1.82, 2.24) is 4.90 Å². The number of rotatable bonds is 3. The van der Waals surface area contributed by atoms with Crippen molar-refractivity contribution < 1.29 is 0 Å². The van der Waals surface area contributed by atoms with Crippen LogP contribution in [0.15, 0.2) is 0 Å². The van der Waals surface area contributed by atoms with Gasteiger partial charge in [0.2, 0.25) is 0 Å². The van der Waals surface area contributed by atoms with Crippen molar-refractivity contribution in [2.75, 3.05) is 14.1 Å². The Morgan fingerprint density at radius 2 is 2.00 bits per heavy atom. The average Bonchev–Trinajstić information content (AvgIpc) is 1.61. The molecule has 0 aromatic rings. The molecule has 0 aromatic carbocycles. The van der Waals surface area contributed by atoms with Crippen molar-refractivity contribution in [1.29, 1.82) is 0 Å².